The van der Waals surface area contributed by atoms with Crippen LogP contribution in [0.2, 0.25) is 0 Å². The number of nitrogens with zero attached hydrogens (tertiary/aromatic N) is 1. The number of rotatable bonds is 3. The minimum absolute atomic E-state index is 0.0694. The van der Waals surface area contributed by atoms with E-state index in [2.05, 4.69) is 4.98 Å². The quantitative estimate of drug-likeness (QED) is 0.864. The fourth-order valence-electron chi connectivity index (χ4n) is 2.80. The number of hydrogen-bond acceptors (Lipinski definition) is 4. The third-order valence-electron chi connectivity index (χ3n) is 3.78. The molecule has 0 spiro atoms. The maximum Gasteiger partial charge on any atom is 0.191 e. The van der Waals surface area contributed by atoms with E-state index in [0.717, 1.165) is 0 Å². The van der Waals surface area contributed by atoms with Gasteiger partial charge in [0, 0.05) is 18.9 Å². The smallest absolute Gasteiger partial charge is 0.191 e. The van der Waals surface area contributed by atoms with E-state index in [1.54, 1.807) is 13.8 Å². The van der Waals surface area contributed by atoms with Gasteiger partial charge in [0.25, 0.3) is 0 Å². The molecule has 0 saturated heterocycles. The molecule has 110 valence electrons. The Bertz CT molecular complexity index is 721. The second-order valence-electron chi connectivity index (χ2n) is 5.39. The molecular weight excluding hydrogens is 273 g/mol. The summed E-state index contributed by atoms with van der Waals surface area (Å²) in [7, 11) is 0. The Hall–Kier alpha value is -2.17. The van der Waals surface area contributed by atoms with Crippen molar-refractivity contribution in [3.63, 3.8) is 0 Å². The Kier molecular flexibility index (Phi) is 3.27. The van der Waals surface area contributed by atoms with Crippen molar-refractivity contribution in [3.05, 3.63) is 46.4 Å². The monoisotopic (exact) mass is 289 g/mol. The van der Waals surface area contributed by atoms with Gasteiger partial charge in [0.05, 0.1) is 5.56 Å². The van der Waals surface area contributed by atoms with Gasteiger partial charge in [-0.1, -0.05) is 6.92 Å². The molecule has 3 rings (SSSR count). The number of aromatic nitrogens is 1. The maximum atomic E-state index is 13.9. The Morgan fingerprint density at radius 1 is 1.43 bits per heavy atom. The lowest BCUT2D eigenvalue weighted by atomic mass is 10.0. The van der Waals surface area contributed by atoms with E-state index in [0.29, 0.717) is 40.6 Å². The highest BCUT2D eigenvalue weighted by molar-refractivity contribution is 6.03. The molecule has 0 amide bonds. The number of carbonyl (C=O) groups excluding carboxylic acids is 1. The first-order chi connectivity index (χ1) is 9.97. The van der Waals surface area contributed by atoms with Gasteiger partial charge in [0.15, 0.2) is 11.7 Å². The number of benzene rings is 1. The summed E-state index contributed by atoms with van der Waals surface area (Å²) in [5, 5.41) is 0. The van der Waals surface area contributed by atoms with Crippen LogP contribution in [0, 0.1) is 19.7 Å². The molecule has 0 radical (unpaired) electrons. The predicted octanol–water partition coefficient (Wildman–Crippen LogP) is 3.70. The Morgan fingerprint density at radius 2 is 2.19 bits per heavy atom. The van der Waals surface area contributed by atoms with Crippen LogP contribution in [0.25, 0.3) is 0 Å². The van der Waals surface area contributed by atoms with E-state index < -0.39 is 0 Å². The van der Waals surface area contributed by atoms with Crippen molar-refractivity contribution in [3.8, 4) is 5.75 Å². The van der Waals surface area contributed by atoms with Crippen molar-refractivity contribution in [1.82, 2.24) is 4.98 Å². The van der Waals surface area contributed by atoms with Gasteiger partial charge in [-0.2, -0.15) is 0 Å². The Morgan fingerprint density at radius 3 is 2.86 bits per heavy atom. The van der Waals surface area contributed by atoms with E-state index in [9.17, 15) is 9.18 Å². The maximum absolute atomic E-state index is 13.9. The average molecular weight is 289 g/mol. The van der Waals surface area contributed by atoms with E-state index in [1.807, 2.05) is 6.92 Å². The molecule has 1 aliphatic rings. The van der Waals surface area contributed by atoms with Crippen LogP contribution in [0.15, 0.2) is 16.5 Å². The standard InChI is InChI=1S/C16H16FNO3/c1-8-6-13(19)16-14(5-4-11(17)15(8)16)20-7-12-9(2)21-10(3)18-12/h4-5,8H,6-7H2,1-3H3. The second-order valence-corrected chi connectivity index (χ2v) is 5.39. The zero-order valence-electron chi connectivity index (χ0n) is 12.2. The molecule has 0 aliphatic heterocycles. The van der Waals surface area contributed by atoms with E-state index >= 15 is 0 Å². The SMILES string of the molecule is Cc1nc(COc2ccc(F)c3c2C(=O)CC3C)c(C)o1. The summed E-state index contributed by atoms with van der Waals surface area (Å²) in [5.74, 6) is 1.16. The zero-order chi connectivity index (χ0) is 15.1. The summed E-state index contributed by atoms with van der Waals surface area (Å²) in [5.41, 5.74) is 1.52. The van der Waals surface area contributed by atoms with E-state index in [1.165, 1.54) is 12.1 Å². The van der Waals surface area contributed by atoms with Gasteiger partial charge < -0.3 is 9.15 Å². The summed E-state index contributed by atoms with van der Waals surface area (Å²) in [6.45, 7) is 5.61. The molecule has 1 unspecified atom stereocenters. The number of oxazole rings is 1. The van der Waals surface area contributed by atoms with Gasteiger partial charge >= 0.3 is 0 Å². The van der Waals surface area contributed by atoms with Gasteiger partial charge in [-0.15, -0.1) is 0 Å². The first-order valence-corrected chi connectivity index (χ1v) is 6.88. The van der Waals surface area contributed by atoms with Gasteiger partial charge in [0.2, 0.25) is 0 Å². The lowest BCUT2D eigenvalue weighted by Gasteiger charge is -2.11. The van der Waals surface area contributed by atoms with Crippen molar-refractivity contribution in [2.45, 2.75) is 39.7 Å². The van der Waals surface area contributed by atoms with Crippen LogP contribution in [0.5, 0.6) is 5.75 Å². The summed E-state index contributed by atoms with van der Waals surface area (Å²) in [4.78, 5) is 16.3. The third kappa shape index (κ3) is 2.33. The topological polar surface area (TPSA) is 52.3 Å². The number of fused-ring (bicyclic) bond motifs is 1. The number of carbonyl (C=O) groups is 1. The molecule has 2 aromatic rings. The molecular formula is C16H16FNO3. The molecule has 0 N–H and O–H groups in total. The summed E-state index contributed by atoms with van der Waals surface area (Å²) in [6.07, 6.45) is 0.328. The molecule has 4 nitrogen and oxygen atoms in total. The molecule has 0 bridgehead atoms. The lowest BCUT2D eigenvalue weighted by Crippen LogP contribution is -2.03. The molecule has 21 heavy (non-hydrogen) atoms. The number of ether oxygens (including phenoxy) is 1. The van der Waals surface area contributed by atoms with Gasteiger partial charge in [-0.3, -0.25) is 4.79 Å². The fourth-order valence-corrected chi connectivity index (χ4v) is 2.80. The van der Waals surface area contributed by atoms with Crippen molar-refractivity contribution >= 4 is 5.78 Å². The second kappa shape index (κ2) is 4.98. The summed E-state index contributed by atoms with van der Waals surface area (Å²) in [6, 6.07) is 2.86. The number of Topliss-reactive ketones (excluding diaryl/α,β-unsaturated/α-hetero) is 1. The largest absolute Gasteiger partial charge is 0.486 e. The van der Waals surface area contributed by atoms with Crippen molar-refractivity contribution < 1.29 is 18.3 Å². The molecule has 1 aromatic carbocycles. The first-order valence-electron chi connectivity index (χ1n) is 6.88. The highest BCUT2D eigenvalue weighted by atomic mass is 19.1. The average Bonchev–Trinajstić information content (AvgIpc) is 2.89. The van der Waals surface area contributed by atoms with Gasteiger partial charge in [0.1, 0.15) is 29.6 Å². The van der Waals surface area contributed by atoms with Crippen LogP contribution in [0.1, 0.15) is 52.5 Å². The molecule has 1 aliphatic carbocycles. The van der Waals surface area contributed by atoms with Crippen LogP contribution in [-0.2, 0) is 6.61 Å². The Balaban J connectivity index is 1.91. The highest BCUT2D eigenvalue weighted by Crippen LogP contribution is 2.39. The summed E-state index contributed by atoms with van der Waals surface area (Å²) >= 11 is 0. The van der Waals surface area contributed by atoms with Crippen LogP contribution in [0.3, 0.4) is 0 Å². The molecule has 1 heterocycles. The number of hydrogen-bond donors (Lipinski definition) is 0. The fraction of sp³-hybridized carbons (Fsp3) is 0.375. The van der Waals surface area contributed by atoms with Crippen LogP contribution in [0.4, 0.5) is 4.39 Å². The van der Waals surface area contributed by atoms with Crippen molar-refractivity contribution in [2.75, 3.05) is 0 Å². The normalized spacial score (nSPS) is 17.1. The zero-order valence-corrected chi connectivity index (χ0v) is 12.2. The molecule has 0 fully saturated rings. The van der Waals surface area contributed by atoms with Crippen molar-refractivity contribution in [2.24, 2.45) is 0 Å². The number of ketones is 1. The minimum atomic E-state index is -0.343. The third-order valence-corrected chi connectivity index (χ3v) is 3.78. The lowest BCUT2D eigenvalue weighted by molar-refractivity contribution is 0.0986. The number of aryl methyl sites for hydroxylation is 2. The predicted molar refractivity (Wildman–Crippen MR) is 74.1 cm³/mol. The van der Waals surface area contributed by atoms with Crippen LogP contribution < -0.4 is 4.74 Å². The van der Waals surface area contributed by atoms with E-state index in [-0.39, 0.29) is 24.1 Å². The first kappa shape index (κ1) is 13.8. The van der Waals surface area contributed by atoms with Gasteiger partial charge in [-0.25, -0.2) is 9.37 Å². The van der Waals surface area contributed by atoms with Crippen LogP contribution >= 0.6 is 0 Å². The molecule has 5 heteroatoms. The molecule has 0 saturated carbocycles. The summed E-state index contributed by atoms with van der Waals surface area (Å²) < 4.78 is 24.9. The highest BCUT2D eigenvalue weighted by Gasteiger charge is 2.32. The van der Waals surface area contributed by atoms with Crippen LogP contribution in [-0.4, -0.2) is 10.8 Å². The molecule has 1 atom stereocenters. The van der Waals surface area contributed by atoms with Crippen molar-refractivity contribution in [1.29, 1.82) is 0 Å². The minimum Gasteiger partial charge on any atom is -0.486 e. The van der Waals surface area contributed by atoms with E-state index in [4.69, 9.17) is 9.15 Å². The Labute approximate surface area is 121 Å². The molecule has 1 aromatic heterocycles. The number of halogens is 1. The van der Waals surface area contributed by atoms with Gasteiger partial charge in [-0.05, 0) is 25.0 Å².